The fourth-order valence-electron chi connectivity index (χ4n) is 3.26. The van der Waals surface area contributed by atoms with E-state index in [0.717, 1.165) is 24.7 Å². The zero-order valence-corrected chi connectivity index (χ0v) is 13.9. The predicted octanol–water partition coefficient (Wildman–Crippen LogP) is 5.09. The van der Waals surface area contributed by atoms with Crippen molar-refractivity contribution >= 4 is 0 Å². The summed E-state index contributed by atoms with van der Waals surface area (Å²) in [5, 5.41) is 3.80. The third kappa shape index (κ3) is 5.03. The zero-order valence-electron chi connectivity index (χ0n) is 13.9. The average molecular weight is 289 g/mol. The molecule has 0 radical (unpaired) electrons. The first kappa shape index (κ1) is 16.4. The van der Waals surface area contributed by atoms with Crippen molar-refractivity contribution in [3.8, 4) is 5.75 Å². The van der Waals surface area contributed by atoms with Crippen molar-refractivity contribution in [2.24, 2.45) is 5.92 Å². The first-order chi connectivity index (χ1) is 10.2. The summed E-state index contributed by atoms with van der Waals surface area (Å²) in [5.41, 5.74) is 1.36. The van der Waals surface area contributed by atoms with E-state index in [-0.39, 0.29) is 0 Å². The van der Waals surface area contributed by atoms with Crippen LogP contribution in [0.15, 0.2) is 24.3 Å². The van der Waals surface area contributed by atoms with Crippen LogP contribution in [0.25, 0.3) is 0 Å². The summed E-state index contributed by atoms with van der Waals surface area (Å²) in [4.78, 5) is 0. The molecular formula is C19H31NO. The van der Waals surface area contributed by atoms with Crippen LogP contribution in [-0.4, -0.2) is 12.6 Å². The molecule has 0 amide bonds. The fraction of sp³-hybridized carbons (Fsp3) is 0.684. The highest BCUT2D eigenvalue weighted by Gasteiger charge is 2.21. The van der Waals surface area contributed by atoms with E-state index in [1.165, 1.54) is 37.7 Å². The van der Waals surface area contributed by atoms with Crippen LogP contribution >= 0.6 is 0 Å². The van der Waals surface area contributed by atoms with Gasteiger partial charge in [-0.2, -0.15) is 0 Å². The lowest BCUT2D eigenvalue weighted by Gasteiger charge is -2.31. The van der Waals surface area contributed by atoms with Crippen molar-refractivity contribution in [3.63, 3.8) is 0 Å². The van der Waals surface area contributed by atoms with E-state index in [0.29, 0.717) is 12.1 Å². The van der Waals surface area contributed by atoms with Crippen molar-refractivity contribution in [2.45, 2.75) is 71.4 Å². The van der Waals surface area contributed by atoms with E-state index in [1.807, 2.05) is 0 Å². The Kier molecular flexibility index (Phi) is 6.56. The number of benzene rings is 1. The molecule has 1 aromatic carbocycles. The molecule has 1 fully saturated rings. The molecule has 1 N–H and O–H groups in total. The minimum Gasteiger partial charge on any atom is -0.494 e. The van der Waals surface area contributed by atoms with Crippen molar-refractivity contribution in [3.05, 3.63) is 29.8 Å². The van der Waals surface area contributed by atoms with Crippen molar-refractivity contribution < 1.29 is 4.74 Å². The monoisotopic (exact) mass is 289 g/mol. The first-order valence-electron chi connectivity index (χ1n) is 8.71. The number of rotatable bonds is 7. The Labute approximate surface area is 130 Å². The Morgan fingerprint density at radius 3 is 2.33 bits per heavy atom. The molecule has 1 aliphatic carbocycles. The molecule has 2 nitrogen and oxygen atoms in total. The van der Waals surface area contributed by atoms with Gasteiger partial charge in [-0.3, -0.25) is 0 Å². The highest BCUT2D eigenvalue weighted by molar-refractivity contribution is 5.29. The van der Waals surface area contributed by atoms with E-state index in [2.05, 4.69) is 50.4 Å². The number of hydrogen-bond donors (Lipinski definition) is 1. The van der Waals surface area contributed by atoms with E-state index in [9.17, 15) is 0 Å². The number of hydrogen-bond acceptors (Lipinski definition) is 2. The average Bonchev–Trinajstić information content (AvgIpc) is 2.54. The minimum absolute atomic E-state index is 0.424. The van der Waals surface area contributed by atoms with Gasteiger partial charge in [0.05, 0.1) is 6.61 Å². The van der Waals surface area contributed by atoms with Gasteiger partial charge in [0.2, 0.25) is 0 Å². The quantitative estimate of drug-likeness (QED) is 0.754. The lowest BCUT2D eigenvalue weighted by molar-refractivity contribution is 0.273. The van der Waals surface area contributed by atoms with Gasteiger partial charge in [-0.05, 0) is 62.6 Å². The molecule has 0 bridgehead atoms. The lowest BCUT2D eigenvalue weighted by atomic mass is 9.84. The highest BCUT2D eigenvalue weighted by atomic mass is 16.5. The van der Waals surface area contributed by atoms with Gasteiger partial charge in [0.25, 0.3) is 0 Å². The Bertz CT molecular complexity index is 393. The molecule has 1 saturated carbocycles. The first-order valence-corrected chi connectivity index (χ1v) is 8.71. The van der Waals surface area contributed by atoms with Crippen LogP contribution in [0.5, 0.6) is 5.75 Å². The van der Waals surface area contributed by atoms with Gasteiger partial charge < -0.3 is 10.1 Å². The predicted molar refractivity (Wildman–Crippen MR) is 89.8 cm³/mol. The Morgan fingerprint density at radius 2 is 1.76 bits per heavy atom. The van der Waals surface area contributed by atoms with Crippen LogP contribution in [0.1, 0.15) is 70.9 Å². The second-order valence-corrected chi connectivity index (χ2v) is 6.43. The summed E-state index contributed by atoms with van der Waals surface area (Å²) < 4.78 is 5.64. The van der Waals surface area contributed by atoms with E-state index in [1.54, 1.807) is 0 Å². The molecule has 118 valence electrons. The second-order valence-electron chi connectivity index (χ2n) is 6.43. The third-order valence-electron chi connectivity index (χ3n) is 4.76. The van der Waals surface area contributed by atoms with Crippen LogP contribution in [-0.2, 0) is 0 Å². The minimum atomic E-state index is 0.424. The summed E-state index contributed by atoms with van der Waals surface area (Å²) in [6.45, 7) is 7.53. The second kappa shape index (κ2) is 8.43. The SMILES string of the molecule is CCCOc1ccc(C(C)NC2CCC(CC)CC2)cc1. The zero-order chi connectivity index (χ0) is 15.1. The highest BCUT2D eigenvalue weighted by Crippen LogP contribution is 2.28. The van der Waals surface area contributed by atoms with Gasteiger partial charge in [-0.15, -0.1) is 0 Å². The molecule has 1 aliphatic rings. The maximum Gasteiger partial charge on any atom is 0.119 e. The molecule has 0 aliphatic heterocycles. The maximum atomic E-state index is 5.64. The molecule has 21 heavy (non-hydrogen) atoms. The molecule has 1 atom stereocenters. The number of ether oxygens (including phenoxy) is 1. The molecular weight excluding hydrogens is 258 g/mol. The normalized spacial score (nSPS) is 23.8. The third-order valence-corrected chi connectivity index (χ3v) is 4.76. The standard InChI is InChI=1S/C19H31NO/c1-4-14-21-19-12-8-17(9-13-19)15(3)20-18-10-6-16(5-2)7-11-18/h8-9,12-13,15-16,18,20H,4-7,10-11,14H2,1-3H3. The van der Waals surface area contributed by atoms with E-state index in [4.69, 9.17) is 4.74 Å². The molecule has 0 heterocycles. The Morgan fingerprint density at radius 1 is 1.10 bits per heavy atom. The largest absolute Gasteiger partial charge is 0.494 e. The molecule has 0 spiro atoms. The lowest BCUT2D eigenvalue weighted by Crippen LogP contribution is -2.34. The molecule has 1 aromatic rings. The summed E-state index contributed by atoms with van der Waals surface area (Å²) in [7, 11) is 0. The van der Waals surface area contributed by atoms with Crippen LogP contribution in [0.2, 0.25) is 0 Å². The molecule has 0 saturated heterocycles. The van der Waals surface area contributed by atoms with Gasteiger partial charge in [-0.1, -0.05) is 32.4 Å². The van der Waals surface area contributed by atoms with Gasteiger partial charge >= 0.3 is 0 Å². The van der Waals surface area contributed by atoms with Gasteiger partial charge in [-0.25, -0.2) is 0 Å². The molecule has 0 aromatic heterocycles. The van der Waals surface area contributed by atoms with E-state index >= 15 is 0 Å². The molecule has 2 heteroatoms. The summed E-state index contributed by atoms with van der Waals surface area (Å²) >= 11 is 0. The summed E-state index contributed by atoms with van der Waals surface area (Å²) in [5.74, 6) is 1.95. The van der Waals surface area contributed by atoms with Crippen molar-refractivity contribution in [1.82, 2.24) is 5.32 Å². The van der Waals surface area contributed by atoms with Gasteiger partial charge in [0.1, 0.15) is 5.75 Å². The maximum absolute atomic E-state index is 5.64. The van der Waals surface area contributed by atoms with E-state index < -0.39 is 0 Å². The van der Waals surface area contributed by atoms with Crippen LogP contribution in [0, 0.1) is 5.92 Å². The summed E-state index contributed by atoms with van der Waals surface area (Å²) in [6, 6.07) is 9.70. The van der Waals surface area contributed by atoms with Crippen LogP contribution in [0.4, 0.5) is 0 Å². The smallest absolute Gasteiger partial charge is 0.119 e. The van der Waals surface area contributed by atoms with Gasteiger partial charge in [0, 0.05) is 12.1 Å². The summed E-state index contributed by atoms with van der Waals surface area (Å²) in [6.07, 6.45) is 7.86. The van der Waals surface area contributed by atoms with Gasteiger partial charge in [0.15, 0.2) is 0 Å². The Balaban J connectivity index is 1.81. The Hall–Kier alpha value is -1.02. The molecule has 1 unspecified atom stereocenters. The van der Waals surface area contributed by atoms with Crippen LogP contribution in [0.3, 0.4) is 0 Å². The van der Waals surface area contributed by atoms with Crippen molar-refractivity contribution in [1.29, 1.82) is 0 Å². The molecule has 2 rings (SSSR count). The van der Waals surface area contributed by atoms with Crippen LogP contribution < -0.4 is 10.1 Å². The van der Waals surface area contributed by atoms with Crippen molar-refractivity contribution in [2.75, 3.05) is 6.61 Å². The number of nitrogens with one attached hydrogen (secondary N) is 1. The fourth-order valence-corrected chi connectivity index (χ4v) is 3.26. The topological polar surface area (TPSA) is 21.3 Å².